The summed E-state index contributed by atoms with van der Waals surface area (Å²) in [5.41, 5.74) is 1.65. The number of benzene rings is 1. The SMILES string of the molecule is CCCOc1cccc(CNCC(C)C(C)(C)C)c1. The van der Waals surface area contributed by atoms with Gasteiger partial charge in [0.15, 0.2) is 0 Å². The Morgan fingerprint density at radius 3 is 2.63 bits per heavy atom. The van der Waals surface area contributed by atoms with Crippen molar-refractivity contribution in [3.8, 4) is 5.75 Å². The van der Waals surface area contributed by atoms with Crippen LogP contribution in [0.3, 0.4) is 0 Å². The molecular weight excluding hydrogens is 234 g/mol. The van der Waals surface area contributed by atoms with Crippen molar-refractivity contribution in [1.82, 2.24) is 5.32 Å². The van der Waals surface area contributed by atoms with Gasteiger partial charge in [-0.2, -0.15) is 0 Å². The van der Waals surface area contributed by atoms with Crippen LogP contribution in [0.4, 0.5) is 0 Å². The van der Waals surface area contributed by atoms with Crippen LogP contribution in [0.15, 0.2) is 24.3 Å². The molecule has 108 valence electrons. The number of hydrogen-bond donors (Lipinski definition) is 1. The molecule has 1 rings (SSSR count). The molecule has 1 N–H and O–H groups in total. The van der Waals surface area contributed by atoms with Crippen molar-refractivity contribution in [2.24, 2.45) is 11.3 Å². The Balaban J connectivity index is 2.41. The Morgan fingerprint density at radius 2 is 2.00 bits per heavy atom. The number of ether oxygens (including phenoxy) is 1. The first-order chi connectivity index (χ1) is 8.93. The Bertz CT molecular complexity index is 368. The predicted octanol–water partition coefficient (Wildman–Crippen LogP) is 4.25. The average molecular weight is 263 g/mol. The van der Waals surface area contributed by atoms with Crippen LogP contribution in [0.2, 0.25) is 0 Å². The minimum Gasteiger partial charge on any atom is -0.494 e. The van der Waals surface area contributed by atoms with E-state index in [4.69, 9.17) is 4.74 Å². The number of nitrogens with one attached hydrogen (secondary N) is 1. The van der Waals surface area contributed by atoms with Crippen LogP contribution in [0.25, 0.3) is 0 Å². The zero-order chi connectivity index (χ0) is 14.3. The molecule has 0 fully saturated rings. The lowest BCUT2D eigenvalue weighted by atomic mass is 9.82. The van der Waals surface area contributed by atoms with Crippen LogP contribution in [0, 0.1) is 11.3 Å². The second kappa shape index (κ2) is 7.54. The van der Waals surface area contributed by atoms with Crippen LogP contribution < -0.4 is 10.1 Å². The summed E-state index contributed by atoms with van der Waals surface area (Å²) in [6, 6.07) is 8.37. The van der Waals surface area contributed by atoms with E-state index in [1.807, 2.05) is 6.07 Å². The first kappa shape index (κ1) is 16.0. The number of hydrogen-bond acceptors (Lipinski definition) is 2. The monoisotopic (exact) mass is 263 g/mol. The summed E-state index contributed by atoms with van der Waals surface area (Å²) < 4.78 is 5.65. The van der Waals surface area contributed by atoms with Crippen molar-refractivity contribution in [1.29, 1.82) is 0 Å². The van der Waals surface area contributed by atoms with Gasteiger partial charge < -0.3 is 10.1 Å². The van der Waals surface area contributed by atoms with Gasteiger partial charge in [0.25, 0.3) is 0 Å². The largest absolute Gasteiger partial charge is 0.494 e. The topological polar surface area (TPSA) is 21.3 Å². The fourth-order valence-electron chi connectivity index (χ4n) is 1.70. The molecule has 0 heterocycles. The van der Waals surface area contributed by atoms with E-state index in [-0.39, 0.29) is 0 Å². The molecule has 0 bridgehead atoms. The maximum atomic E-state index is 5.65. The van der Waals surface area contributed by atoms with Crippen LogP contribution in [-0.4, -0.2) is 13.2 Å². The van der Waals surface area contributed by atoms with E-state index < -0.39 is 0 Å². The van der Waals surface area contributed by atoms with E-state index >= 15 is 0 Å². The molecule has 1 unspecified atom stereocenters. The molecule has 1 atom stereocenters. The smallest absolute Gasteiger partial charge is 0.119 e. The maximum absolute atomic E-state index is 5.65. The third kappa shape index (κ3) is 6.11. The summed E-state index contributed by atoms with van der Waals surface area (Å²) in [5.74, 6) is 1.64. The lowest BCUT2D eigenvalue weighted by Gasteiger charge is -2.27. The Labute approximate surface area is 118 Å². The summed E-state index contributed by atoms with van der Waals surface area (Å²) in [5, 5.41) is 3.54. The van der Waals surface area contributed by atoms with Crippen molar-refractivity contribution in [3.63, 3.8) is 0 Å². The van der Waals surface area contributed by atoms with Crippen LogP contribution in [0.1, 0.15) is 46.6 Å². The molecule has 0 aromatic heterocycles. The van der Waals surface area contributed by atoms with Gasteiger partial charge in [0, 0.05) is 6.54 Å². The van der Waals surface area contributed by atoms with Gasteiger partial charge in [-0.3, -0.25) is 0 Å². The fourth-order valence-corrected chi connectivity index (χ4v) is 1.70. The molecule has 19 heavy (non-hydrogen) atoms. The van der Waals surface area contributed by atoms with Crippen molar-refractivity contribution in [3.05, 3.63) is 29.8 Å². The van der Waals surface area contributed by atoms with Gasteiger partial charge in [0.2, 0.25) is 0 Å². The van der Waals surface area contributed by atoms with E-state index in [2.05, 4.69) is 58.1 Å². The minimum atomic E-state index is 0.360. The van der Waals surface area contributed by atoms with E-state index in [1.165, 1.54) is 5.56 Å². The highest BCUT2D eigenvalue weighted by Gasteiger charge is 2.19. The normalized spacial score (nSPS) is 13.3. The molecule has 0 saturated carbocycles. The van der Waals surface area contributed by atoms with Gasteiger partial charge in [-0.1, -0.05) is 46.8 Å². The first-order valence-electron chi connectivity index (χ1n) is 7.36. The lowest BCUT2D eigenvalue weighted by Crippen LogP contribution is -2.29. The summed E-state index contributed by atoms with van der Waals surface area (Å²) in [4.78, 5) is 0. The van der Waals surface area contributed by atoms with Crippen LogP contribution in [0.5, 0.6) is 5.75 Å². The molecule has 0 spiro atoms. The lowest BCUT2D eigenvalue weighted by molar-refractivity contribution is 0.252. The van der Waals surface area contributed by atoms with E-state index in [0.717, 1.165) is 31.9 Å². The predicted molar refractivity (Wildman–Crippen MR) is 82.6 cm³/mol. The van der Waals surface area contributed by atoms with Crippen molar-refractivity contribution >= 4 is 0 Å². The van der Waals surface area contributed by atoms with Gasteiger partial charge in [0.05, 0.1) is 6.61 Å². The molecule has 2 heteroatoms. The highest BCUT2D eigenvalue weighted by molar-refractivity contribution is 5.28. The Morgan fingerprint density at radius 1 is 1.26 bits per heavy atom. The van der Waals surface area contributed by atoms with Gasteiger partial charge in [-0.15, -0.1) is 0 Å². The van der Waals surface area contributed by atoms with Gasteiger partial charge in [-0.25, -0.2) is 0 Å². The maximum Gasteiger partial charge on any atom is 0.119 e. The quantitative estimate of drug-likeness (QED) is 0.794. The van der Waals surface area contributed by atoms with Gasteiger partial charge in [0.1, 0.15) is 5.75 Å². The van der Waals surface area contributed by atoms with E-state index in [0.29, 0.717) is 11.3 Å². The molecule has 0 radical (unpaired) electrons. The van der Waals surface area contributed by atoms with E-state index in [9.17, 15) is 0 Å². The van der Waals surface area contributed by atoms with Crippen LogP contribution in [-0.2, 0) is 6.54 Å². The molecule has 0 aliphatic carbocycles. The molecule has 1 aromatic carbocycles. The first-order valence-corrected chi connectivity index (χ1v) is 7.36. The zero-order valence-corrected chi connectivity index (χ0v) is 13.1. The molecule has 0 aliphatic rings. The summed E-state index contributed by atoms with van der Waals surface area (Å²) in [7, 11) is 0. The average Bonchev–Trinajstić information content (AvgIpc) is 2.35. The van der Waals surface area contributed by atoms with Crippen molar-refractivity contribution in [2.45, 2.75) is 47.6 Å². The molecular formula is C17H29NO. The second-order valence-corrected chi connectivity index (χ2v) is 6.39. The van der Waals surface area contributed by atoms with Crippen molar-refractivity contribution < 1.29 is 4.74 Å². The third-order valence-electron chi connectivity index (χ3n) is 3.63. The third-order valence-corrected chi connectivity index (χ3v) is 3.63. The summed E-state index contributed by atoms with van der Waals surface area (Å²) >= 11 is 0. The summed E-state index contributed by atoms with van der Waals surface area (Å²) in [6.45, 7) is 14.0. The zero-order valence-electron chi connectivity index (χ0n) is 13.1. The highest BCUT2D eigenvalue weighted by atomic mass is 16.5. The van der Waals surface area contributed by atoms with E-state index in [1.54, 1.807) is 0 Å². The molecule has 0 saturated heterocycles. The number of rotatable bonds is 7. The molecule has 0 aliphatic heterocycles. The summed E-state index contributed by atoms with van der Waals surface area (Å²) in [6.07, 6.45) is 1.05. The molecule has 0 amide bonds. The van der Waals surface area contributed by atoms with Gasteiger partial charge >= 0.3 is 0 Å². The minimum absolute atomic E-state index is 0.360. The Hall–Kier alpha value is -1.02. The Kier molecular flexibility index (Phi) is 6.36. The molecule has 2 nitrogen and oxygen atoms in total. The second-order valence-electron chi connectivity index (χ2n) is 6.39. The standard InChI is InChI=1S/C17H29NO/c1-6-10-19-16-9-7-8-15(11-16)13-18-12-14(2)17(3,4)5/h7-9,11,14,18H,6,10,12-13H2,1-5H3. The van der Waals surface area contributed by atoms with Crippen molar-refractivity contribution in [2.75, 3.05) is 13.2 Å². The van der Waals surface area contributed by atoms with Crippen LogP contribution >= 0.6 is 0 Å². The molecule has 1 aromatic rings. The fraction of sp³-hybridized carbons (Fsp3) is 0.647. The highest BCUT2D eigenvalue weighted by Crippen LogP contribution is 2.24. The van der Waals surface area contributed by atoms with Gasteiger partial charge in [-0.05, 0) is 42.0 Å².